The van der Waals surface area contributed by atoms with E-state index in [9.17, 15) is 9.59 Å². The van der Waals surface area contributed by atoms with Crippen LogP contribution in [0, 0.1) is 0 Å². The van der Waals surface area contributed by atoms with Crippen LogP contribution in [0.5, 0.6) is 5.75 Å². The van der Waals surface area contributed by atoms with Crippen molar-refractivity contribution in [3.8, 4) is 5.75 Å². The number of carbonyl (C=O) groups excluding carboxylic acids is 2. The Bertz CT molecular complexity index is 459. The van der Waals surface area contributed by atoms with Gasteiger partial charge in [0, 0.05) is 18.7 Å². The molecule has 1 aromatic carbocycles. The number of hydrogen-bond acceptors (Lipinski definition) is 4. The first-order valence-corrected chi connectivity index (χ1v) is 6.22. The normalized spacial score (nSPS) is 17.9. The van der Waals surface area contributed by atoms with E-state index >= 15 is 0 Å². The number of anilines is 1. The van der Waals surface area contributed by atoms with Gasteiger partial charge in [0.1, 0.15) is 18.4 Å². The summed E-state index contributed by atoms with van der Waals surface area (Å²) in [6, 6.07) is 6.60. The average molecular weight is 263 g/mol. The van der Waals surface area contributed by atoms with Gasteiger partial charge in [0.25, 0.3) is 0 Å². The second kappa shape index (κ2) is 6.19. The molecule has 6 heteroatoms. The number of hydrogen-bond donors (Lipinski definition) is 3. The maximum absolute atomic E-state index is 11.8. The van der Waals surface area contributed by atoms with Crippen molar-refractivity contribution in [2.24, 2.45) is 5.73 Å². The summed E-state index contributed by atoms with van der Waals surface area (Å²) in [6.07, 6.45) is 0.951. The number of nitrogens with one attached hydrogen (secondary N) is 2. The molecule has 1 aliphatic heterocycles. The van der Waals surface area contributed by atoms with Gasteiger partial charge in [-0.15, -0.1) is 0 Å². The molecule has 1 heterocycles. The Labute approximate surface area is 111 Å². The predicted molar refractivity (Wildman–Crippen MR) is 70.8 cm³/mol. The highest BCUT2D eigenvalue weighted by Crippen LogP contribution is 2.16. The van der Waals surface area contributed by atoms with Crippen molar-refractivity contribution in [1.29, 1.82) is 0 Å². The summed E-state index contributed by atoms with van der Waals surface area (Å²) in [4.78, 5) is 22.9. The maximum atomic E-state index is 11.8. The van der Waals surface area contributed by atoms with Crippen LogP contribution in [0.4, 0.5) is 5.69 Å². The van der Waals surface area contributed by atoms with E-state index in [-0.39, 0.29) is 11.8 Å². The van der Waals surface area contributed by atoms with Gasteiger partial charge in [0.05, 0.1) is 0 Å². The van der Waals surface area contributed by atoms with Crippen LogP contribution >= 0.6 is 0 Å². The van der Waals surface area contributed by atoms with E-state index < -0.39 is 6.04 Å². The molecular weight excluding hydrogens is 246 g/mol. The lowest BCUT2D eigenvalue weighted by Gasteiger charge is -2.11. The molecule has 0 radical (unpaired) electrons. The van der Waals surface area contributed by atoms with E-state index in [1.165, 1.54) is 0 Å². The van der Waals surface area contributed by atoms with Crippen molar-refractivity contribution >= 4 is 17.5 Å². The first-order chi connectivity index (χ1) is 9.19. The maximum Gasteiger partial charge on any atom is 0.246 e. The summed E-state index contributed by atoms with van der Waals surface area (Å²) in [5, 5.41) is 5.38. The summed E-state index contributed by atoms with van der Waals surface area (Å²) >= 11 is 0. The van der Waals surface area contributed by atoms with Gasteiger partial charge in [-0.05, 0) is 30.7 Å². The molecule has 1 aliphatic rings. The van der Waals surface area contributed by atoms with Crippen LogP contribution in [0.1, 0.15) is 12.8 Å². The summed E-state index contributed by atoms with van der Waals surface area (Å²) < 4.78 is 5.33. The SMILES string of the molecule is NCCOc1ccc(NC(=O)[C@H]2CCC(=O)N2)cc1. The van der Waals surface area contributed by atoms with Crippen LogP contribution in [0.15, 0.2) is 24.3 Å². The lowest BCUT2D eigenvalue weighted by Crippen LogP contribution is -2.37. The van der Waals surface area contributed by atoms with Crippen LogP contribution in [-0.2, 0) is 9.59 Å². The molecule has 1 atom stereocenters. The zero-order valence-corrected chi connectivity index (χ0v) is 10.5. The lowest BCUT2D eigenvalue weighted by atomic mass is 10.2. The second-order valence-corrected chi connectivity index (χ2v) is 4.31. The molecule has 4 N–H and O–H groups in total. The van der Waals surface area contributed by atoms with Crippen LogP contribution in [0.3, 0.4) is 0 Å². The third kappa shape index (κ3) is 3.69. The Morgan fingerprint density at radius 2 is 2.16 bits per heavy atom. The Balaban J connectivity index is 1.88. The molecule has 19 heavy (non-hydrogen) atoms. The summed E-state index contributed by atoms with van der Waals surface area (Å²) in [7, 11) is 0. The third-order valence-electron chi connectivity index (χ3n) is 2.82. The molecule has 0 aliphatic carbocycles. The van der Waals surface area contributed by atoms with E-state index in [4.69, 9.17) is 10.5 Å². The molecule has 2 rings (SSSR count). The Morgan fingerprint density at radius 3 is 2.74 bits per heavy atom. The van der Waals surface area contributed by atoms with E-state index in [0.717, 1.165) is 0 Å². The van der Waals surface area contributed by atoms with Crippen molar-refractivity contribution in [1.82, 2.24) is 5.32 Å². The Morgan fingerprint density at radius 1 is 1.42 bits per heavy atom. The van der Waals surface area contributed by atoms with E-state index in [2.05, 4.69) is 10.6 Å². The molecule has 1 saturated heterocycles. The van der Waals surface area contributed by atoms with Crippen molar-refractivity contribution in [2.45, 2.75) is 18.9 Å². The summed E-state index contributed by atoms with van der Waals surface area (Å²) in [5.41, 5.74) is 6.01. The van der Waals surface area contributed by atoms with E-state index in [1.807, 2.05) is 0 Å². The smallest absolute Gasteiger partial charge is 0.246 e. The van der Waals surface area contributed by atoms with E-state index in [1.54, 1.807) is 24.3 Å². The number of carbonyl (C=O) groups is 2. The standard InChI is InChI=1S/C13H17N3O3/c14-7-8-19-10-3-1-9(2-4-10)15-13(18)11-5-6-12(17)16-11/h1-4,11H,5-8,14H2,(H,15,18)(H,16,17)/t11-/m1/s1. The van der Waals surface area contributed by atoms with Gasteiger partial charge in [-0.25, -0.2) is 0 Å². The van der Waals surface area contributed by atoms with Crippen LogP contribution in [0.2, 0.25) is 0 Å². The zero-order valence-electron chi connectivity index (χ0n) is 10.5. The highest BCUT2D eigenvalue weighted by molar-refractivity contribution is 5.98. The largest absolute Gasteiger partial charge is 0.492 e. The molecule has 6 nitrogen and oxygen atoms in total. The second-order valence-electron chi connectivity index (χ2n) is 4.31. The fourth-order valence-corrected chi connectivity index (χ4v) is 1.85. The Kier molecular flexibility index (Phi) is 4.35. The molecule has 0 saturated carbocycles. The number of amides is 2. The minimum atomic E-state index is -0.430. The van der Waals surface area contributed by atoms with Crippen LogP contribution in [-0.4, -0.2) is 31.0 Å². The van der Waals surface area contributed by atoms with Gasteiger partial charge >= 0.3 is 0 Å². The first-order valence-electron chi connectivity index (χ1n) is 6.22. The summed E-state index contributed by atoms with van der Waals surface area (Å²) in [6.45, 7) is 0.916. The molecule has 0 aromatic heterocycles. The van der Waals surface area contributed by atoms with Gasteiger partial charge in [0.2, 0.25) is 11.8 Å². The molecule has 1 aromatic rings. The summed E-state index contributed by atoms with van der Waals surface area (Å²) in [5.74, 6) is 0.435. The number of nitrogens with two attached hydrogens (primary N) is 1. The van der Waals surface area contributed by atoms with Gasteiger partial charge in [0.15, 0.2) is 0 Å². The number of benzene rings is 1. The minimum Gasteiger partial charge on any atom is -0.492 e. The van der Waals surface area contributed by atoms with Crippen molar-refractivity contribution in [2.75, 3.05) is 18.5 Å². The van der Waals surface area contributed by atoms with Crippen LogP contribution in [0.25, 0.3) is 0 Å². The topological polar surface area (TPSA) is 93.4 Å². The van der Waals surface area contributed by atoms with Crippen LogP contribution < -0.4 is 21.1 Å². The highest BCUT2D eigenvalue weighted by Gasteiger charge is 2.26. The van der Waals surface area contributed by atoms with Gasteiger partial charge in [-0.3, -0.25) is 9.59 Å². The predicted octanol–water partition coefficient (Wildman–Crippen LogP) is 0.241. The molecule has 0 unspecified atom stereocenters. The van der Waals surface area contributed by atoms with Gasteiger partial charge < -0.3 is 21.1 Å². The first kappa shape index (κ1) is 13.4. The third-order valence-corrected chi connectivity index (χ3v) is 2.82. The van der Waals surface area contributed by atoms with Crippen molar-refractivity contribution < 1.29 is 14.3 Å². The fourth-order valence-electron chi connectivity index (χ4n) is 1.85. The zero-order chi connectivity index (χ0) is 13.7. The monoisotopic (exact) mass is 263 g/mol. The van der Waals surface area contributed by atoms with Crippen molar-refractivity contribution in [3.63, 3.8) is 0 Å². The van der Waals surface area contributed by atoms with Gasteiger partial charge in [-0.2, -0.15) is 0 Å². The van der Waals surface area contributed by atoms with E-state index in [0.29, 0.717) is 37.4 Å². The minimum absolute atomic E-state index is 0.0781. The number of ether oxygens (including phenoxy) is 1. The van der Waals surface area contributed by atoms with Crippen molar-refractivity contribution in [3.05, 3.63) is 24.3 Å². The number of rotatable bonds is 5. The highest BCUT2D eigenvalue weighted by atomic mass is 16.5. The molecule has 102 valence electrons. The lowest BCUT2D eigenvalue weighted by molar-refractivity contribution is -0.122. The Hall–Kier alpha value is -2.08. The molecule has 2 amide bonds. The molecule has 1 fully saturated rings. The average Bonchev–Trinajstić information content (AvgIpc) is 2.85. The molecule has 0 bridgehead atoms. The fraction of sp³-hybridized carbons (Fsp3) is 0.385. The molecule has 0 spiro atoms. The quantitative estimate of drug-likeness (QED) is 0.709. The van der Waals surface area contributed by atoms with Gasteiger partial charge in [-0.1, -0.05) is 0 Å². The molecular formula is C13H17N3O3.